The number of para-hydroxylation sites is 1. The number of anilines is 1. The zero-order valence-corrected chi connectivity index (χ0v) is 10.4. The van der Waals surface area contributed by atoms with Crippen molar-refractivity contribution in [2.45, 2.75) is 6.82 Å². The van der Waals surface area contributed by atoms with E-state index in [4.69, 9.17) is 0 Å². The lowest BCUT2D eigenvalue weighted by Gasteiger charge is -2.05. The van der Waals surface area contributed by atoms with Crippen molar-refractivity contribution in [3.63, 3.8) is 0 Å². The predicted octanol–water partition coefficient (Wildman–Crippen LogP) is 2.66. The largest absolute Gasteiger partial charge is 0.316 e. The van der Waals surface area contributed by atoms with Crippen molar-refractivity contribution in [2.24, 2.45) is 0 Å². The number of halogens is 2. The van der Waals surface area contributed by atoms with Crippen LogP contribution in [0.25, 0.3) is 0 Å². The highest BCUT2D eigenvalue weighted by atomic mass is 32.1. The first-order valence-corrected chi connectivity index (χ1v) is 6.08. The molecule has 18 heavy (non-hydrogen) atoms. The zero-order valence-electron chi connectivity index (χ0n) is 9.54. The van der Waals surface area contributed by atoms with Crippen LogP contribution in [-0.4, -0.2) is 13.2 Å². The van der Waals surface area contributed by atoms with Crippen molar-refractivity contribution in [3.8, 4) is 0 Å². The van der Waals surface area contributed by atoms with E-state index in [1.165, 1.54) is 17.4 Å². The second-order valence-electron chi connectivity index (χ2n) is 3.54. The maximum Gasteiger partial charge on any atom is 0.265 e. The van der Waals surface area contributed by atoms with E-state index in [0.717, 1.165) is 16.9 Å². The van der Waals surface area contributed by atoms with Crippen LogP contribution < -0.4 is 10.1 Å². The van der Waals surface area contributed by atoms with Crippen LogP contribution in [0.3, 0.4) is 0 Å². The molecule has 0 fully saturated rings. The first-order valence-electron chi connectivity index (χ1n) is 5.26. The van der Waals surface area contributed by atoms with Crippen molar-refractivity contribution in [2.75, 3.05) is 5.32 Å². The molecular formula is C12H9BF2NOS. The Morgan fingerprint density at radius 1 is 1.22 bits per heavy atom. The van der Waals surface area contributed by atoms with E-state index in [2.05, 4.69) is 5.32 Å². The molecule has 2 rings (SSSR count). The Labute approximate surface area is 108 Å². The fraction of sp³-hybridized carbons (Fsp3) is 0.0833. The number of carbonyl (C=O) groups is 1. The van der Waals surface area contributed by atoms with Gasteiger partial charge in [0.15, 0.2) is 7.28 Å². The quantitative estimate of drug-likeness (QED) is 0.848. The molecule has 0 bridgehead atoms. The van der Waals surface area contributed by atoms with Crippen molar-refractivity contribution >= 4 is 35.0 Å². The van der Waals surface area contributed by atoms with Crippen LogP contribution in [0.4, 0.5) is 14.5 Å². The zero-order chi connectivity index (χ0) is 13.1. The molecule has 0 aliphatic rings. The lowest BCUT2D eigenvalue weighted by molar-refractivity contribution is 0.102. The lowest BCUT2D eigenvalue weighted by atomic mass is 9.81. The molecule has 0 atom stereocenters. The number of hydrogen-bond acceptors (Lipinski definition) is 2. The monoisotopic (exact) mass is 264 g/mol. The maximum absolute atomic E-state index is 13.3. The van der Waals surface area contributed by atoms with Crippen molar-refractivity contribution in [1.29, 1.82) is 0 Å². The molecule has 2 aromatic rings. The summed E-state index contributed by atoms with van der Waals surface area (Å²) < 4.78 is 27.6. The standard InChI is InChI=1S/C12H9BF2NOS/c1-13-10-6-5-9(18-10)12(17)16-11-7(14)3-2-4-8(11)15/h2-6H,1H3,(H,16,17). The Morgan fingerprint density at radius 3 is 2.44 bits per heavy atom. The SMILES string of the molecule is C[B]c1ccc(C(=O)Nc2c(F)cccc2F)s1. The summed E-state index contributed by atoms with van der Waals surface area (Å²) in [5.41, 5.74) is -0.419. The highest BCUT2D eigenvalue weighted by molar-refractivity contribution is 7.23. The van der Waals surface area contributed by atoms with E-state index in [1.54, 1.807) is 12.1 Å². The maximum atomic E-state index is 13.3. The minimum atomic E-state index is -0.790. The second-order valence-corrected chi connectivity index (χ2v) is 4.66. The van der Waals surface area contributed by atoms with Crippen LogP contribution in [0.1, 0.15) is 9.67 Å². The van der Waals surface area contributed by atoms with Crippen LogP contribution in [-0.2, 0) is 0 Å². The van der Waals surface area contributed by atoms with E-state index >= 15 is 0 Å². The molecule has 6 heteroatoms. The Hall–Kier alpha value is -1.69. The predicted molar refractivity (Wildman–Crippen MR) is 69.9 cm³/mol. The third-order valence-electron chi connectivity index (χ3n) is 2.34. The van der Waals surface area contributed by atoms with Crippen LogP contribution in [0.2, 0.25) is 6.82 Å². The molecular weight excluding hydrogens is 255 g/mol. The molecule has 0 saturated heterocycles. The molecule has 0 unspecified atom stereocenters. The minimum Gasteiger partial charge on any atom is -0.316 e. The Balaban J connectivity index is 2.21. The molecule has 1 N–H and O–H groups in total. The average molecular weight is 264 g/mol. The molecule has 1 heterocycles. The number of carbonyl (C=O) groups excluding carboxylic acids is 1. The summed E-state index contributed by atoms with van der Waals surface area (Å²) in [6, 6.07) is 6.83. The van der Waals surface area contributed by atoms with Gasteiger partial charge >= 0.3 is 0 Å². The number of rotatable bonds is 3. The number of amides is 1. The molecule has 1 radical (unpaired) electrons. The molecule has 0 aliphatic carbocycles. The van der Waals surface area contributed by atoms with Crippen LogP contribution in [0.5, 0.6) is 0 Å². The average Bonchev–Trinajstić information content (AvgIpc) is 2.82. The van der Waals surface area contributed by atoms with Gasteiger partial charge in [0.25, 0.3) is 5.91 Å². The van der Waals surface area contributed by atoms with E-state index in [-0.39, 0.29) is 0 Å². The molecule has 0 saturated carbocycles. The van der Waals surface area contributed by atoms with Gasteiger partial charge in [0.2, 0.25) is 0 Å². The normalized spacial score (nSPS) is 10.2. The lowest BCUT2D eigenvalue weighted by Crippen LogP contribution is -2.13. The third-order valence-corrected chi connectivity index (χ3v) is 3.49. The summed E-state index contributed by atoms with van der Waals surface area (Å²) in [6.07, 6.45) is 0. The van der Waals surface area contributed by atoms with Gasteiger partial charge in [-0.3, -0.25) is 4.79 Å². The number of hydrogen-bond donors (Lipinski definition) is 1. The molecule has 1 aromatic heterocycles. The highest BCUT2D eigenvalue weighted by Gasteiger charge is 2.14. The number of thiophene rings is 1. The highest BCUT2D eigenvalue weighted by Crippen LogP contribution is 2.19. The topological polar surface area (TPSA) is 29.1 Å². The Morgan fingerprint density at radius 2 is 1.89 bits per heavy atom. The summed E-state index contributed by atoms with van der Waals surface area (Å²) in [7, 11) is 1.85. The van der Waals surface area contributed by atoms with Gasteiger partial charge in [-0.25, -0.2) is 8.78 Å². The van der Waals surface area contributed by atoms with E-state index < -0.39 is 23.2 Å². The second kappa shape index (κ2) is 5.31. The van der Waals surface area contributed by atoms with E-state index in [1.807, 2.05) is 14.1 Å². The van der Waals surface area contributed by atoms with Gasteiger partial charge < -0.3 is 5.32 Å². The van der Waals surface area contributed by atoms with Crippen molar-refractivity contribution in [1.82, 2.24) is 0 Å². The molecule has 91 valence electrons. The van der Waals surface area contributed by atoms with Gasteiger partial charge in [0.1, 0.15) is 17.3 Å². The fourth-order valence-electron chi connectivity index (χ4n) is 1.42. The van der Waals surface area contributed by atoms with Crippen LogP contribution in [0, 0.1) is 11.6 Å². The summed E-state index contributed by atoms with van der Waals surface area (Å²) in [5, 5.41) is 2.24. The summed E-state index contributed by atoms with van der Waals surface area (Å²) >= 11 is 1.26. The van der Waals surface area contributed by atoms with Gasteiger partial charge in [0.05, 0.1) is 4.88 Å². The van der Waals surface area contributed by atoms with E-state index in [0.29, 0.717) is 4.88 Å². The van der Waals surface area contributed by atoms with Gasteiger partial charge in [-0.2, -0.15) is 0 Å². The van der Waals surface area contributed by atoms with Gasteiger partial charge in [0, 0.05) is 0 Å². The number of benzene rings is 1. The van der Waals surface area contributed by atoms with Gasteiger partial charge in [-0.1, -0.05) is 19.0 Å². The summed E-state index contributed by atoms with van der Waals surface area (Å²) in [6.45, 7) is 1.85. The third kappa shape index (κ3) is 2.59. The summed E-state index contributed by atoms with van der Waals surface area (Å²) in [4.78, 5) is 12.2. The first-order chi connectivity index (χ1) is 8.61. The van der Waals surface area contributed by atoms with Crippen LogP contribution in [0.15, 0.2) is 30.3 Å². The molecule has 2 nitrogen and oxygen atoms in total. The Kier molecular flexibility index (Phi) is 3.76. The van der Waals surface area contributed by atoms with Crippen LogP contribution >= 0.6 is 11.3 Å². The molecule has 1 amide bonds. The van der Waals surface area contributed by atoms with E-state index in [9.17, 15) is 13.6 Å². The first kappa shape index (κ1) is 12.8. The summed E-state index contributed by atoms with van der Waals surface area (Å²) in [5.74, 6) is -2.10. The van der Waals surface area contributed by atoms with Gasteiger partial charge in [-0.05, 0) is 23.0 Å². The Bertz CT molecular complexity index is 565. The minimum absolute atomic E-state index is 0.408. The smallest absolute Gasteiger partial charge is 0.265 e. The fourth-order valence-corrected chi connectivity index (χ4v) is 2.21. The van der Waals surface area contributed by atoms with Crippen molar-refractivity contribution < 1.29 is 13.6 Å². The number of nitrogens with one attached hydrogen (secondary N) is 1. The molecule has 1 aromatic carbocycles. The molecule has 0 spiro atoms. The molecule has 0 aliphatic heterocycles. The van der Waals surface area contributed by atoms with Gasteiger partial charge in [-0.15, -0.1) is 11.3 Å². The van der Waals surface area contributed by atoms with Crippen molar-refractivity contribution in [3.05, 3.63) is 46.8 Å².